The quantitative estimate of drug-likeness (QED) is 0.500. The summed E-state index contributed by atoms with van der Waals surface area (Å²) >= 11 is 0. The summed E-state index contributed by atoms with van der Waals surface area (Å²) in [6.45, 7) is 3.97. The summed E-state index contributed by atoms with van der Waals surface area (Å²) in [4.78, 5) is 0. The molecule has 0 amide bonds. The van der Waals surface area contributed by atoms with E-state index in [1.54, 1.807) is 0 Å². The number of hydrogen-bond acceptors (Lipinski definition) is 0. The van der Waals surface area contributed by atoms with Crippen LogP contribution in [0.5, 0.6) is 0 Å². The SMILES string of the molecule is C=C[CH]C(c1ccccc1)(c1ccccc1)c1ccccc1.[K+]. The molecule has 0 saturated heterocycles. The van der Waals surface area contributed by atoms with E-state index in [2.05, 4.69) is 104 Å². The van der Waals surface area contributed by atoms with Crippen molar-refractivity contribution < 1.29 is 51.4 Å². The summed E-state index contributed by atoms with van der Waals surface area (Å²) in [6.07, 6.45) is 4.08. The fraction of sp³-hybridized carbons (Fsp3) is 0.0455. The average Bonchev–Trinajstić information content (AvgIpc) is 2.62. The van der Waals surface area contributed by atoms with Gasteiger partial charge in [0.25, 0.3) is 0 Å². The predicted octanol–water partition coefficient (Wildman–Crippen LogP) is 2.42. The molecule has 3 aromatic carbocycles. The van der Waals surface area contributed by atoms with Gasteiger partial charge in [0.2, 0.25) is 0 Å². The zero-order chi connectivity index (χ0) is 15.3. The van der Waals surface area contributed by atoms with E-state index in [0.29, 0.717) is 0 Å². The third-order valence-electron chi connectivity index (χ3n) is 4.06. The Morgan fingerprint density at radius 1 is 0.565 bits per heavy atom. The normalized spacial score (nSPS) is 10.6. The van der Waals surface area contributed by atoms with Crippen LogP contribution >= 0.6 is 0 Å². The van der Waals surface area contributed by atoms with Crippen LogP contribution in [0.25, 0.3) is 0 Å². The maximum Gasteiger partial charge on any atom is 1.00 e. The molecule has 1 radical (unpaired) electrons. The van der Waals surface area contributed by atoms with Crippen molar-refractivity contribution in [3.63, 3.8) is 0 Å². The summed E-state index contributed by atoms with van der Waals surface area (Å²) in [5.74, 6) is 0. The minimum atomic E-state index is -0.314. The first-order valence-electron chi connectivity index (χ1n) is 7.51. The van der Waals surface area contributed by atoms with E-state index in [1.807, 2.05) is 6.08 Å². The molecule has 0 aromatic heterocycles. The van der Waals surface area contributed by atoms with Crippen LogP contribution < -0.4 is 51.4 Å². The van der Waals surface area contributed by atoms with Gasteiger partial charge in [0.05, 0.1) is 5.41 Å². The van der Waals surface area contributed by atoms with Crippen LogP contribution in [0.2, 0.25) is 0 Å². The Hall–Kier alpha value is -0.964. The third kappa shape index (κ3) is 3.76. The van der Waals surface area contributed by atoms with Gasteiger partial charge in [-0.1, -0.05) is 97.1 Å². The summed E-state index contributed by atoms with van der Waals surface area (Å²) < 4.78 is 0. The molecule has 23 heavy (non-hydrogen) atoms. The summed E-state index contributed by atoms with van der Waals surface area (Å²) in [5.41, 5.74) is 3.41. The molecule has 1 heteroatoms. The second-order valence-electron chi connectivity index (χ2n) is 5.31. The molecular weight excluding hydrogens is 303 g/mol. The Morgan fingerprint density at radius 3 is 1.13 bits per heavy atom. The molecular formula is C22H19K+. The number of benzene rings is 3. The van der Waals surface area contributed by atoms with Crippen LogP contribution in [0.1, 0.15) is 16.7 Å². The largest absolute Gasteiger partial charge is 1.00 e. The summed E-state index contributed by atoms with van der Waals surface area (Å²) in [5, 5.41) is 0. The Kier molecular flexibility index (Phi) is 7.00. The van der Waals surface area contributed by atoms with E-state index in [0.717, 1.165) is 0 Å². The van der Waals surface area contributed by atoms with Crippen LogP contribution in [-0.2, 0) is 5.41 Å². The van der Waals surface area contributed by atoms with Crippen LogP contribution in [0.15, 0.2) is 104 Å². The maximum atomic E-state index is 3.97. The molecule has 107 valence electrons. The van der Waals surface area contributed by atoms with Crippen molar-refractivity contribution in [2.45, 2.75) is 5.41 Å². The number of hydrogen-bond donors (Lipinski definition) is 0. The molecule has 0 N–H and O–H groups in total. The van der Waals surface area contributed by atoms with Gasteiger partial charge in [-0.15, -0.1) is 6.58 Å². The zero-order valence-corrected chi connectivity index (χ0v) is 16.6. The molecule has 0 heterocycles. The fourth-order valence-corrected chi connectivity index (χ4v) is 3.07. The maximum absolute atomic E-state index is 3.97. The van der Waals surface area contributed by atoms with E-state index in [-0.39, 0.29) is 56.8 Å². The van der Waals surface area contributed by atoms with Crippen LogP contribution in [0.4, 0.5) is 0 Å². The molecule has 0 bridgehead atoms. The van der Waals surface area contributed by atoms with Crippen LogP contribution in [0, 0.1) is 6.42 Å². The third-order valence-corrected chi connectivity index (χ3v) is 4.06. The monoisotopic (exact) mass is 322 g/mol. The molecule has 0 fully saturated rings. The number of rotatable bonds is 5. The minimum Gasteiger partial charge on any atom is -0.103 e. The van der Waals surface area contributed by atoms with E-state index in [9.17, 15) is 0 Å². The van der Waals surface area contributed by atoms with Crippen molar-refractivity contribution in [1.82, 2.24) is 0 Å². The van der Waals surface area contributed by atoms with Gasteiger partial charge in [-0.25, -0.2) is 0 Å². The van der Waals surface area contributed by atoms with Gasteiger partial charge < -0.3 is 0 Å². The van der Waals surface area contributed by atoms with Crippen molar-refractivity contribution >= 4 is 0 Å². The first-order chi connectivity index (χ1) is 10.9. The molecule has 0 nitrogen and oxygen atoms in total. The smallest absolute Gasteiger partial charge is 0.103 e. The number of allylic oxidation sites excluding steroid dienone is 1. The topological polar surface area (TPSA) is 0 Å². The van der Waals surface area contributed by atoms with Crippen molar-refractivity contribution in [3.8, 4) is 0 Å². The standard InChI is InChI=1S/C22H19.K/c1-2-18-22(19-12-6-3-7-13-19,20-14-8-4-9-15-20)21-16-10-5-11-17-21;/h2-18H,1H2;/q;+1. The summed E-state index contributed by atoms with van der Waals surface area (Å²) in [7, 11) is 0. The molecule has 0 aliphatic carbocycles. The summed E-state index contributed by atoms with van der Waals surface area (Å²) in [6, 6.07) is 31.8. The van der Waals surface area contributed by atoms with Crippen LogP contribution in [0.3, 0.4) is 0 Å². The Balaban J connectivity index is 0.00000192. The molecule has 0 spiro atoms. The molecule has 0 saturated carbocycles. The molecule has 0 aliphatic rings. The van der Waals surface area contributed by atoms with Crippen molar-refractivity contribution in [2.24, 2.45) is 0 Å². The predicted molar refractivity (Wildman–Crippen MR) is 93.7 cm³/mol. The van der Waals surface area contributed by atoms with E-state index < -0.39 is 0 Å². The van der Waals surface area contributed by atoms with E-state index >= 15 is 0 Å². The van der Waals surface area contributed by atoms with Gasteiger partial charge in [-0.05, 0) is 16.7 Å². The Labute approximate surface area is 181 Å². The molecule has 0 unspecified atom stereocenters. The van der Waals surface area contributed by atoms with Crippen molar-refractivity contribution in [2.75, 3.05) is 0 Å². The van der Waals surface area contributed by atoms with Gasteiger partial charge >= 0.3 is 51.4 Å². The Morgan fingerprint density at radius 2 is 0.870 bits per heavy atom. The molecule has 0 atom stereocenters. The zero-order valence-electron chi connectivity index (χ0n) is 13.5. The van der Waals surface area contributed by atoms with Gasteiger partial charge in [-0.2, -0.15) is 0 Å². The van der Waals surface area contributed by atoms with Gasteiger partial charge in [0.1, 0.15) is 0 Å². The van der Waals surface area contributed by atoms with Crippen molar-refractivity contribution in [3.05, 3.63) is 127 Å². The first-order valence-corrected chi connectivity index (χ1v) is 7.51. The van der Waals surface area contributed by atoms with Crippen molar-refractivity contribution in [1.29, 1.82) is 0 Å². The average molecular weight is 322 g/mol. The second-order valence-corrected chi connectivity index (χ2v) is 5.31. The van der Waals surface area contributed by atoms with Gasteiger partial charge in [-0.3, -0.25) is 0 Å². The van der Waals surface area contributed by atoms with E-state index in [4.69, 9.17) is 0 Å². The molecule has 3 rings (SSSR count). The molecule has 0 aliphatic heterocycles. The van der Waals surface area contributed by atoms with E-state index in [1.165, 1.54) is 16.7 Å². The Bertz CT molecular complexity index is 621. The molecule has 3 aromatic rings. The first kappa shape index (κ1) is 18.4. The van der Waals surface area contributed by atoms with Crippen LogP contribution in [-0.4, -0.2) is 0 Å². The fourth-order valence-electron chi connectivity index (χ4n) is 3.07. The second kappa shape index (κ2) is 8.77. The van der Waals surface area contributed by atoms with Gasteiger partial charge in [0, 0.05) is 6.42 Å². The minimum absolute atomic E-state index is 0. The van der Waals surface area contributed by atoms with Gasteiger partial charge in [0.15, 0.2) is 0 Å².